The second kappa shape index (κ2) is 4.61. The average molecular weight is 278 g/mol. The third kappa shape index (κ3) is 1.94. The molecule has 2 aromatic rings. The fraction of sp³-hybridized carbons (Fsp3) is 0.182. The van der Waals surface area contributed by atoms with Gasteiger partial charge in [0.15, 0.2) is 0 Å². The summed E-state index contributed by atoms with van der Waals surface area (Å²) in [7, 11) is 1.36. The van der Waals surface area contributed by atoms with Crippen LogP contribution in [0.4, 0.5) is 5.69 Å². The molecule has 20 heavy (non-hydrogen) atoms. The highest BCUT2D eigenvalue weighted by Crippen LogP contribution is 2.27. The van der Waals surface area contributed by atoms with Crippen LogP contribution < -0.4 is 16.4 Å². The number of fused-ring (bicyclic) bond motifs is 1. The van der Waals surface area contributed by atoms with Crippen LogP contribution in [0.3, 0.4) is 0 Å². The second-order valence-corrected chi connectivity index (χ2v) is 4.06. The number of nitrogens with zero attached hydrogens (tertiary/aromatic N) is 1. The topological polar surface area (TPSA) is 138 Å². The Balaban J connectivity index is 3.05. The second-order valence-electron chi connectivity index (χ2n) is 4.06. The standard InChI is InChI=1S/C11H10N4O5/c1-4-6(15(19)20)3-5-8(7(4)9(16)12-2)14-11(18)10(17)13-5/h3H,1-2H3,(H,12,16)(H,13,17)(H,14,18). The molecule has 0 unspecified atom stereocenters. The van der Waals surface area contributed by atoms with E-state index in [4.69, 9.17) is 0 Å². The van der Waals surface area contributed by atoms with Gasteiger partial charge in [-0.25, -0.2) is 0 Å². The van der Waals surface area contributed by atoms with E-state index in [1.54, 1.807) is 0 Å². The predicted octanol–water partition coefficient (Wildman–Crippen LogP) is -0.207. The van der Waals surface area contributed by atoms with Gasteiger partial charge in [0.2, 0.25) is 0 Å². The zero-order chi connectivity index (χ0) is 15.0. The first-order valence-electron chi connectivity index (χ1n) is 5.53. The number of aromatic nitrogens is 2. The largest absolute Gasteiger partial charge is 0.355 e. The maximum absolute atomic E-state index is 11.9. The lowest BCUT2D eigenvalue weighted by Crippen LogP contribution is -2.30. The van der Waals surface area contributed by atoms with Gasteiger partial charge in [0.25, 0.3) is 11.6 Å². The van der Waals surface area contributed by atoms with Crippen LogP contribution in [0.15, 0.2) is 15.7 Å². The Morgan fingerprint density at radius 2 is 1.90 bits per heavy atom. The minimum atomic E-state index is -0.946. The maximum Gasteiger partial charge on any atom is 0.314 e. The number of carbonyl (C=O) groups is 1. The molecule has 0 saturated carbocycles. The first kappa shape index (κ1) is 13.5. The Morgan fingerprint density at radius 1 is 1.30 bits per heavy atom. The minimum Gasteiger partial charge on any atom is -0.355 e. The zero-order valence-corrected chi connectivity index (χ0v) is 10.6. The number of benzene rings is 1. The lowest BCUT2D eigenvalue weighted by Gasteiger charge is -2.09. The summed E-state index contributed by atoms with van der Waals surface area (Å²) in [5.41, 5.74) is -2.08. The summed E-state index contributed by atoms with van der Waals surface area (Å²) < 4.78 is 0. The van der Waals surface area contributed by atoms with Crippen molar-refractivity contribution in [2.75, 3.05) is 7.05 Å². The molecule has 0 aliphatic heterocycles. The van der Waals surface area contributed by atoms with E-state index in [0.29, 0.717) is 0 Å². The molecular formula is C11H10N4O5. The molecule has 2 rings (SSSR count). The van der Waals surface area contributed by atoms with Crippen molar-refractivity contribution in [3.05, 3.63) is 48.0 Å². The van der Waals surface area contributed by atoms with Gasteiger partial charge in [-0.2, -0.15) is 0 Å². The maximum atomic E-state index is 11.9. The van der Waals surface area contributed by atoms with Gasteiger partial charge in [0.1, 0.15) is 0 Å². The molecule has 1 heterocycles. The summed E-state index contributed by atoms with van der Waals surface area (Å²) in [6, 6.07) is 1.11. The third-order valence-electron chi connectivity index (χ3n) is 2.90. The number of amides is 1. The van der Waals surface area contributed by atoms with E-state index in [9.17, 15) is 24.5 Å². The van der Waals surface area contributed by atoms with Gasteiger partial charge in [-0.1, -0.05) is 0 Å². The van der Waals surface area contributed by atoms with Gasteiger partial charge < -0.3 is 15.3 Å². The number of nitro benzene ring substituents is 1. The number of nitro groups is 1. The van der Waals surface area contributed by atoms with E-state index in [2.05, 4.69) is 15.3 Å². The number of rotatable bonds is 2. The van der Waals surface area contributed by atoms with Crippen LogP contribution in [0.5, 0.6) is 0 Å². The van der Waals surface area contributed by atoms with Crippen molar-refractivity contribution in [1.82, 2.24) is 15.3 Å². The molecule has 0 fully saturated rings. The Morgan fingerprint density at radius 3 is 2.45 bits per heavy atom. The number of H-pyrrole nitrogens is 2. The SMILES string of the molecule is CNC(=O)c1c(C)c([N+](=O)[O-])cc2[nH]c(=O)c(=O)[nH]c12. The summed E-state index contributed by atoms with van der Waals surface area (Å²) in [5.74, 6) is -0.598. The minimum absolute atomic E-state index is 0.0190. The zero-order valence-electron chi connectivity index (χ0n) is 10.6. The Bertz CT molecular complexity index is 848. The molecule has 9 nitrogen and oxygen atoms in total. The first-order chi connectivity index (χ1) is 9.36. The van der Waals surface area contributed by atoms with Crippen molar-refractivity contribution in [3.63, 3.8) is 0 Å². The number of hydrogen-bond donors (Lipinski definition) is 3. The number of nitrogens with one attached hydrogen (secondary N) is 3. The lowest BCUT2D eigenvalue weighted by atomic mass is 10.0. The number of hydrogen-bond acceptors (Lipinski definition) is 5. The summed E-state index contributed by atoms with van der Waals surface area (Å²) in [4.78, 5) is 49.3. The van der Waals surface area contributed by atoms with E-state index in [-0.39, 0.29) is 27.8 Å². The molecule has 0 radical (unpaired) electrons. The van der Waals surface area contributed by atoms with E-state index in [1.165, 1.54) is 14.0 Å². The van der Waals surface area contributed by atoms with Crippen molar-refractivity contribution < 1.29 is 9.72 Å². The van der Waals surface area contributed by atoms with Crippen LogP contribution in [0.25, 0.3) is 11.0 Å². The monoisotopic (exact) mass is 278 g/mol. The molecule has 0 aliphatic carbocycles. The van der Waals surface area contributed by atoms with Gasteiger partial charge in [0.05, 0.1) is 21.5 Å². The summed E-state index contributed by atoms with van der Waals surface area (Å²) in [6.07, 6.45) is 0. The van der Waals surface area contributed by atoms with Crippen LogP contribution in [-0.2, 0) is 0 Å². The number of aromatic amines is 2. The molecule has 0 bridgehead atoms. The fourth-order valence-electron chi connectivity index (χ4n) is 1.94. The molecule has 1 aromatic carbocycles. The smallest absolute Gasteiger partial charge is 0.314 e. The Hall–Kier alpha value is -2.97. The molecule has 0 spiro atoms. The Kier molecular flexibility index (Phi) is 3.10. The van der Waals surface area contributed by atoms with Crippen molar-refractivity contribution in [2.24, 2.45) is 0 Å². The summed E-state index contributed by atoms with van der Waals surface area (Å²) in [6.45, 7) is 1.39. The lowest BCUT2D eigenvalue weighted by molar-refractivity contribution is -0.385. The molecule has 0 aliphatic rings. The highest BCUT2D eigenvalue weighted by Gasteiger charge is 2.23. The van der Waals surface area contributed by atoms with Crippen LogP contribution in [0, 0.1) is 17.0 Å². The molecule has 9 heteroatoms. The van der Waals surface area contributed by atoms with Gasteiger partial charge >= 0.3 is 11.1 Å². The van der Waals surface area contributed by atoms with Crippen molar-refractivity contribution in [1.29, 1.82) is 0 Å². The van der Waals surface area contributed by atoms with Crippen LogP contribution in [-0.4, -0.2) is 27.8 Å². The van der Waals surface area contributed by atoms with E-state index >= 15 is 0 Å². The molecule has 3 N–H and O–H groups in total. The highest BCUT2D eigenvalue weighted by atomic mass is 16.6. The molecule has 1 amide bonds. The van der Waals surface area contributed by atoms with Crippen LogP contribution in [0.2, 0.25) is 0 Å². The van der Waals surface area contributed by atoms with Gasteiger partial charge in [0, 0.05) is 18.7 Å². The van der Waals surface area contributed by atoms with Gasteiger partial charge in [-0.15, -0.1) is 0 Å². The van der Waals surface area contributed by atoms with Crippen LogP contribution >= 0.6 is 0 Å². The quantitative estimate of drug-likeness (QED) is 0.396. The molecule has 0 atom stereocenters. The normalized spacial score (nSPS) is 10.5. The predicted molar refractivity (Wildman–Crippen MR) is 70.0 cm³/mol. The average Bonchev–Trinajstić information content (AvgIpc) is 2.39. The number of carbonyl (C=O) groups excluding carboxylic acids is 1. The van der Waals surface area contributed by atoms with Gasteiger partial charge in [-0.3, -0.25) is 24.5 Å². The molecular weight excluding hydrogens is 268 g/mol. The fourth-order valence-corrected chi connectivity index (χ4v) is 1.94. The molecule has 1 aromatic heterocycles. The van der Waals surface area contributed by atoms with Crippen molar-refractivity contribution in [3.8, 4) is 0 Å². The molecule has 104 valence electrons. The van der Waals surface area contributed by atoms with E-state index in [0.717, 1.165) is 6.07 Å². The first-order valence-corrected chi connectivity index (χ1v) is 5.53. The van der Waals surface area contributed by atoms with Crippen molar-refractivity contribution >= 4 is 22.6 Å². The summed E-state index contributed by atoms with van der Waals surface area (Å²) in [5, 5.41) is 13.3. The summed E-state index contributed by atoms with van der Waals surface area (Å²) >= 11 is 0. The third-order valence-corrected chi connectivity index (χ3v) is 2.90. The van der Waals surface area contributed by atoms with Crippen molar-refractivity contribution in [2.45, 2.75) is 6.92 Å². The van der Waals surface area contributed by atoms with Gasteiger partial charge in [-0.05, 0) is 6.92 Å². The highest BCUT2D eigenvalue weighted by molar-refractivity contribution is 6.07. The van der Waals surface area contributed by atoms with E-state index in [1.807, 2.05) is 0 Å². The Labute approximate surface area is 110 Å². The van der Waals surface area contributed by atoms with Crippen LogP contribution in [0.1, 0.15) is 15.9 Å². The molecule has 0 saturated heterocycles. The van der Waals surface area contributed by atoms with E-state index < -0.39 is 21.9 Å².